The van der Waals surface area contributed by atoms with Gasteiger partial charge >= 0.3 is 6.03 Å². The maximum atomic E-state index is 12.3. The lowest BCUT2D eigenvalue weighted by molar-refractivity contribution is 0.252. The zero-order valence-corrected chi connectivity index (χ0v) is 16.9. The van der Waals surface area contributed by atoms with Gasteiger partial charge in [0.2, 0.25) is 0 Å². The van der Waals surface area contributed by atoms with Gasteiger partial charge in [0.1, 0.15) is 0 Å². The van der Waals surface area contributed by atoms with E-state index in [9.17, 15) is 4.79 Å². The van der Waals surface area contributed by atoms with Crippen LogP contribution >= 0.6 is 11.8 Å². The van der Waals surface area contributed by atoms with Crippen LogP contribution in [-0.4, -0.2) is 17.3 Å². The molecule has 0 aliphatic rings. The molecular weight excluding hydrogens is 378 g/mol. The van der Waals surface area contributed by atoms with Crippen molar-refractivity contribution in [3.8, 4) is 11.1 Å². The number of aromatic nitrogens is 1. The minimum Gasteiger partial charge on any atom is -0.334 e. The summed E-state index contributed by atoms with van der Waals surface area (Å²) in [4.78, 5) is 17.8. The van der Waals surface area contributed by atoms with Crippen LogP contribution in [0.15, 0.2) is 90.1 Å². The molecule has 0 aliphatic carbocycles. The van der Waals surface area contributed by atoms with Crippen LogP contribution < -0.4 is 10.6 Å². The van der Waals surface area contributed by atoms with Gasteiger partial charge in [-0.15, -0.1) is 11.8 Å². The van der Waals surface area contributed by atoms with E-state index in [2.05, 4.69) is 39.9 Å². The summed E-state index contributed by atoms with van der Waals surface area (Å²) in [5, 5.41) is 7.98. The minimum absolute atomic E-state index is 0.230. The molecule has 144 valence electrons. The minimum atomic E-state index is -0.230. The molecule has 2 amide bonds. The van der Waals surface area contributed by atoms with E-state index in [0.29, 0.717) is 6.54 Å². The molecule has 0 unspecified atom stereocenters. The molecule has 3 aromatic carbocycles. The SMILES string of the molecule is CSc1ccc(NC(=O)NCc2ccc(-c3ccccc3)c3ccncc23)cc1. The standard InChI is InChI=1S/C24H21N3OS/c1-29-20-10-8-19(9-11-20)27-24(28)26-15-18-7-12-21(17-5-3-2-4-6-17)22-13-14-25-16-23(18)22/h2-14,16H,15H2,1H3,(H2,26,27,28). The average Bonchev–Trinajstić information content (AvgIpc) is 2.78. The van der Waals surface area contributed by atoms with Crippen LogP contribution in [0.4, 0.5) is 10.5 Å². The first-order valence-electron chi connectivity index (χ1n) is 9.34. The molecule has 29 heavy (non-hydrogen) atoms. The third kappa shape index (κ3) is 4.41. The second-order valence-corrected chi connectivity index (χ2v) is 7.48. The average molecular weight is 400 g/mol. The van der Waals surface area contributed by atoms with Crippen molar-refractivity contribution in [2.24, 2.45) is 0 Å². The lowest BCUT2D eigenvalue weighted by Crippen LogP contribution is -2.28. The number of anilines is 1. The van der Waals surface area contributed by atoms with Crippen molar-refractivity contribution in [3.63, 3.8) is 0 Å². The van der Waals surface area contributed by atoms with Crippen LogP contribution in [0.2, 0.25) is 0 Å². The molecular formula is C24H21N3OS. The van der Waals surface area contributed by atoms with E-state index in [1.54, 1.807) is 18.0 Å². The van der Waals surface area contributed by atoms with E-state index in [4.69, 9.17) is 0 Å². The van der Waals surface area contributed by atoms with Crippen molar-refractivity contribution in [1.29, 1.82) is 0 Å². The first-order chi connectivity index (χ1) is 14.2. The Morgan fingerprint density at radius 3 is 2.48 bits per heavy atom. The molecule has 1 aromatic heterocycles. The summed E-state index contributed by atoms with van der Waals surface area (Å²) in [5.41, 5.74) is 4.12. The zero-order valence-electron chi connectivity index (χ0n) is 16.1. The summed E-state index contributed by atoms with van der Waals surface area (Å²) >= 11 is 1.67. The number of nitrogens with zero attached hydrogens (tertiary/aromatic N) is 1. The summed E-state index contributed by atoms with van der Waals surface area (Å²) in [6, 6.07) is 24.0. The summed E-state index contributed by atoms with van der Waals surface area (Å²) in [7, 11) is 0. The molecule has 0 radical (unpaired) electrons. The molecule has 0 saturated heterocycles. The number of pyridine rings is 1. The van der Waals surface area contributed by atoms with E-state index in [0.717, 1.165) is 38.0 Å². The van der Waals surface area contributed by atoms with Gasteiger partial charge in [-0.3, -0.25) is 4.98 Å². The number of carbonyl (C=O) groups is 1. The Labute approximate surface area is 174 Å². The second-order valence-electron chi connectivity index (χ2n) is 6.60. The highest BCUT2D eigenvalue weighted by Gasteiger charge is 2.09. The van der Waals surface area contributed by atoms with Crippen LogP contribution in [0, 0.1) is 0 Å². The van der Waals surface area contributed by atoms with Crippen LogP contribution in [0.25, 0.3) is 21.9 Å². The fourth-order valence-corrected chi connectivity index (χ4v) is 3.71. The number of hydrogen-bond acceptors (Lipinski definition) is 3. The first-order valence-corrected chi connectivity index (χ1v) is 10.6. The summed E-state index contributed by atoms with van der Waals surface area (Å²) in [5.74, 6) is 0. The number of amides is 2. The Morgan fingerprint density at radius 2 is 1.72 bits per heavy atom. The summed E-state index contributed by atoms with van der Waals surface area (Å²) in [6.45, 7) is 0.423. The van der Waals surface area contributed by atoms with Gasteiger partial charge in [0, 0.05) is 34.9 Å². The lowest BCUT2D eigenvalue weighted by Gasteiger charge is -2.13. The highest BCUT2D eigenvalue weighted by molar-refractivity contribution is 7.98. The fraction of sp³-hybridized carbons (Fsp3) is 0.0833. The number of carbonyl (C=O) groups excluding carboxylic acids is 1. The maximum Gasteiger partial charge on any atom is 0.319 e. The van der Waals surface area contributed by atoms with Gasteiger partial charge in [-0.25, -0.2) is 4.79 Å². The Morgan fingerprint density at radius 1 is 0.931 bits per heavy atom. The summed E-state index contributed by atoms with van der Waals surface area (Å²) in [6.07, 6.45) is 5.69. The monoisotopic (exact) mass is 399 g/mol. The molecule has 0 saturated carbocycles. The predicted molar refractivity (Wildman–Crippen MR) is 121 cm³/mol. The van der Waals surface area contributed by atoms with Crippen molar-refractivity contribution in [2.75, 3.05) is 11.6 Å². The highest BCUT2D eigenvalue weighted by atomic mass is 32.2. The lowest BCUT2D eigenvalue weighted by atomic mass is 9.96. The molecule has 0 aliphatic heterocycles. The van der Waals surface area contributed by atoms with Crippen LogP contribution in [0.3, 0.4) is 0 Å². The predicted octanol–water partition coefficient (Wildman–Crippen LogP) is 5.95. The number of thioether (sulfide) groups is 1. The van der Waals surface area contributed by atoms with Gasteiger partial charge in [0.05, 0.1) is 0 Å². The molecule has 4 nitrogen and oxygen atoms in total. The molecule has 0 spiro atoms. The van der Waals surface area contributed by atoms with E-state index >= 15 is 0 Å². The van der Waals surface area contributed by atoms with Gasteiger partial charge in [-0.2, -0.15) is 0 Å². The molecule has 5 heteroatoms. The molecule has 4 aromatic rings. The van der Waals surface area contributed by atoms with Crippen molar-refractivity contribution in [2.45, 2.75) is 11.4 Å². The van der Waals surface area contributed by atoms with Crippen LogP contribution in [-0.2, 0) is 6.54 Å². The number of hydrogen-bond donors (Lipinski definition) is 2. The zero-order chi connectivity index (χ0) is 20.1. The molecule has 1 heterocycles. The quantitative estimate of drug-likeness (QED) is 0.408. The third-order valence-electron chi connectivity index (χ3n) is 4.78. The largest absolute Gasteiger partial charge is 0.334 e. The molecule has 0 bridgehead atoms. The van der Waals surface area contributed by atoms with Crippen molar-refractivity contribution in [1.82, 2.24) is 10.3 Å². The second kappa shape index (κ2) is 8.80. The molecule has 0 fully saturated rings. The Hall–Kier alpha value is -3.31. The Bertz CT molecular complexity index is 1130. The molecule has 2 N–H and O–H groups in total. The maximum absolute atomic E-state index is 12.3. The van der Waals surface area contributed by atoms with E-state index < -0.39 is 0 Å². The fourth-order valence-electron chi connectivity index (χ4n) is 3.30. The summed E-state index contributed by atoms with van der Waals surface area (Å²) < 4.78 is 0. The van der Waals surface area contributed by atoms with Crippen molar-refractivity contribution >= 4 is 34.3 Å². The normalized spacial score (nSPS) is 10.7. The van der Waals surface area contributed by atoms with Gasteiger partial charge in [0.25, 0.3) is 0 Å². The smallest absolute Gasteiger partial charge is 0.319 e. The van der Waals surface area contributed by atoms with Gasteiger partial charge < -0.3 is 10.6 Å². The Balaban J connectivity index is 1.52. The highest BCUT2D eigenvalue weighted by Crippen LogP contribution is 2.30. The number of nitrogens with one attached hydrogen (secondary N) is 2. The van der Waals surface area contributed by atoms with Crippen molar-refractivity contribution < 1.29 is 4.79 Å². The van der Waals surface area contributed by atoms with Crippen LogP contribution in [0.5, 0.6) is 0 Å². The number of fused-ring (bicyclic) bond motifs is 1. The number of urea groups is 1. The van der Waals surface area contributed by atoms with E-state index in [1.165, 1.54) is 0 Å². The first kappa shape index (κ1) is 19.0. The number of rotatable bonds is 5. The third-order valence-corrected chi connectivity index (χ3v) is 5.52. The molecule has 0 atom stereocenters. The number of benzene rings is 3. The van der Waals surface area contributed by atoms with Crippen LogP contribution in [0.1, 0.15) is 5.56 Å². The topological polar surface area (TPSA) is 54.0 Å². The van der Waals surface area contributed by atoms with Gasteiger partial charge in [-0.1, -0.05) is 42.5 Å². The Kier molecular flexibility index (Phi) is 5.77. The van der Waals surface area contributed by atoms with Gasteiger partial charge in [-0.05, 0) is 58.7 Å². The van der Waals surface area contributed by atoms with E-state index in [1.807, 2.05) is 61.0 Å². The molecule has 4 rings (SSSR count). The van der Waals surface area contributed by atoms with Crippen molar-refractivity contribution in [3.05, 3.63) is 90.8 Å². The van der Waals surface area contributed by atoms with Gasteiger partial charge in [0.15, 0.2) is 0 Å². The van der Waals surface area contributed by atoms with E-state index in [-0.39, 0.29) is 6.03 Å².